The lowest BCUT2D eigenvalue weighted by Gasteiger charge is -2.15. The normalized spacial score (nSPS) is 20.1. The van der Waals surface area contributed by atoms with Crippen LogP contribution in [0.1, 0.15) is 13.8 Å². The SMILES string of the molecule is CC(C)C1Nc2cc3c(cc2N1)OC(F)(F)O3. The molecule has 0 unspecified atom stereocenters. The van der Waals surface area contributed by atoms with E-state index in [2.05, 4.69) is 34.0 Å². The Kier molecular flexibility index (Phi) is 1.93. The fraction of sp³-hybridized carbons (Fsp3) is 0.455. The molecule has 0 amide bonds. The Morgan fingerprint density at radius 3 is 2.00 bits per heavy atom. The molecule has 4 nitrogen and oxygen atoms in total. The summed E-state index contributed by atoms with van der Waals surface area (Å²) in [5.74, 6) is 0.500. The zero-order valence-corrected chi connectivity index (χ0v) is 9.38. The van der Waals surface area contributed by atoms with Gasteiger partial charge in [-0.2, -0.15) is 0 Å². The molecule has 17 heavy (non-hydrogen) atoms. The second-order valence-corrected chi connectivity index (χ2v) is 4.52. The van der Waals surface area contributed by atoms with E-state index in [1.54, 1.807) is 0 Å². The first kappa shape index (κ1) is 10.4. The van der Waals surface area contributed by atoms with E-state index in [0.29, 0.717) is 5.92 Å². The number of hydrogen-bond acceptors (Lipinski definition) is 4. The molecule has 0 spiro atoms. The molecule has 2 aliphatic heterocycles. The van der Waals surface area contributed by atoms with E-state index in [1.807, 2.05) is 0 Å². The minimum atomic E-state index is -3.56. The quantitative estimate of drug-likeness (QED) is 0.794. The number of anilines is 2. The number of halogens is 2. The fourth-order valence-corrected chi connectivity index (χ4v) is 1.94. The summed E-state index contributed by atoms with van der Waals surface area (Å²) in [5, 5.41) is 6.40. The van der Waals surface area contributed by atoms with Gasteiger partial charge in [0.05, 0.1) is 17.5 Å². The third-order valence-electron chi connectivity index (χ3n) is 2.83. The van der Waals surface area contributed by atoms with Crippen molar-refractivity contribution in [3.8, 4) is 11.5 Å². The Morgan fingerprint density at radius 2 is 1.59 bits per heavy atom. The first-order valence-corrected chi connectivity index (χ1v) is 5.41. The summed E-state index contributed by atoms with van der Waals surface area (Å²) in [4.78, 5) is 0. The minimum absolute atomic E-state index is 0.0625. The van der Waals surface area contributed by atoms with Gasteiger partial charge in [0.1, 0.15) is 0 Å². The highest BCUT2D eigenvalue weighted by molar-refractivity contribution is 5.79. The van der Waals surface area contributed by atoms with E-state index in [-0.39, 0.29) is 17.7 Å². The maximum absolute atomic E-state index is 12.8. The number of benzene rings is 1. The second-order valence-electron chi connectivity index (χ2n) is 4.52. The van der Waals surface area contributed by atoms with Gasteiger partial charge >= 0.3 is 6.29 Å². The maximum atomic E-state index is 12.8. The van der Waals surface area contributed by atoms with Crippen LogP contribution in [0.5, 0.6) is 11.5 Å². The number of alkyl halides is 2. The summed E-state index contributed by atoms with van der Waals surface area (Å²) in [6.07, 6.45) is -3.47. The van der Waals surface area contributed by atoms with E-state index in [4.69, 9.17) is 0 Å². The van der Waals surface area contributed by atoms with Gasteiger partial charge in [0.25, 0.3) is 0 Å². The van der Waals surface area contributed by atoms with Crippen molar-refractivity contribution in [3.05, 3.63) is 12.1 Å². The number of ether oxygens (including phenoxy) is 2. The number of fused-ring (bicyclic) bond motifs is 2. The van der Waals surface area contributed by atoms with Crippen molar-refractivity contribution in [2.24, 2.45) is 5.92 Å². The zero-order chi connectivity index (χ0) is 12.2. The molecule has 1 aromatic rings. The molecule has 0 saturated heterocycles. The second kappa shape index (κ2) is 3.15. The molecule has 2 aliphatic rings. The smallest absolute Gasteiger partial charge is 0.395 e. The van der Waals surface area contributed by atoms with E-state index in [9.17, 15) is 8.78 Å². The standard InChI is InChI=1S/C11H12F2N2O2/c1-5(2)10-14-6-3-8-9(4-7(6)15-10)17-11(12,13)16-8/h3-5,10,14-15H,1-2H3. The maximum Gasteiger partial charge on any atom is 0.586 e. The van der Waals surface area contributed by atoms with Crippen molar-refractivity contribution < 1.29 is 18.3 Å². The lowest BCUT2D eigenvalue weighted by molar-refractivity contribution is -0.286. The molecule has 2 heterocycles. The summed E-state index contributed by atoms with van der Waals surface area (Å²) in [7, 11) is 0. The Morgan fingerprint density at radius 1 is 1.12 bits per heavy atom. The molecule has 1 aromatic carbocycles. The van der Waals surface area contributed by atoms with Crippen molar-refractivity contribution in [1.29, 1.82) is 0 Å². The Bertz CT molecular complexity index is 440. The van der Waals surface area contributed by atoms with Crippen LogP contribution in [0, 0.1) is 5.92 Å². The van der Waals surface area contributed by atoms with E-state index >= 15 is 0 Å². The Labute approximate surface area is 96.9 Å². The van der Waals surface area contributed by atoms with Crippen LogP contribution >= 0.6 is 0 Å². The lowest BCUT2D eigenvalue weighted by Crippen LogP contribution is -2.28. The molecule has 0 aromatic heterocycles. The van der Waals surface area contributed by atoms with Crippen molar-refractivity contribution in [2.45, 2.75) is 26.3 Å². The van der Waals surface area contributed by atoms with Gasteiger partial charge in [-0.05, 0) is 5.92 Å². The predicted octanol–water partition coefficient (Wildman–Crippen LogP) is 2.83. The number of nitrogens with one attached hydrogen (secondary N) is 2. The van der Waals surface area contributed by atoms with Gasteiger partial charge < -0.3 is 20.1 Å². The van der Waals surface area contributed by atoms with Crippen LogP contribution in [0.2, 0.25) is 0 Å². The van der Waals surface area contributed by atoms with Gasteiger partial charge in [-0.15, -0.1) is 8.78 Å². The van der Waals surface area contributed by atoms with Gasteiger partial charge in [0, 0.05) is 12.1 Å². The van der Waals surface area contributed by atoms with Crippen LogP contribution in [0.25, 0.3) is 0 Å². The van der Waals surface area contributed by atoms with Crippen LogP contribution in [-0.2, 0) is 0 Å². The van der Waals surface area contributed by atoms with Crippen molar-refractivity contribution in [3.63, 3.8) is 0 Å². The summed E-state index contributed by atoms with van der Waals surface area (Å²) in [6, 6.07) is 3.06. The van der Waals surface area contributed by atoms with Crippen LogP contribution in [0.4, 0.5) is 20.2 Å². The molecule has 0 fully saturated rings. The summed E-state index contributed by atoms with van der Waals surface area (Å²) >= 11 is 0. The summed E-state index contributed by atoms with van der Waals surface area (Å²) in [5.41, 5.74) is 1.51. The molecule has 3 rings (SSSR count). The largest absolute Gasteiger partial charge is 0.586 e. The summed E-state index contributed by atoms with van der Waals surface area (Å²) in [6.45, 7) is 4.12. The molecule has 0 saturated carbocycles. The highest BCUT2D eigenvalue weighted by atomic mass is 19.3. The fourth-order valence-electron chi connectivity index (χ4n) is 1.94. The average Bonchev–Trinajstić information content (AvgIpc) is 2.71. The molecular formula is C11H12F2N2O2. The predicted molar refractivity (Wildman–Crippen MR) is 58.5 cm³/mol. The zero-order valence-electron chi connectivity index (χ0n) is 9.38. The van der Waals surface area contributed by atoms with E-state index in [0.717, 1.165) is 11.4 Å². The van der Waals surface area contributed by atoms with Crippen molar-refractivity contribution in [1.82, 2.24) is 0 Å². The summed E-state index contributed by atoms with van der Waals surface area (Å²) < 4.78 is 34.5. The van der Waals surface area contributed by atoms with Crippen LogP contribution in [0.15, 0.2) is 12.1 Å². The monoisotopic (exact) mass is 242 g/mol. The first-order chi connectivity index (χ1) is 7.94. The van der Waals surface area contributed by atoms with Gasteiger partial charge in [-0.25, -0.2) is 0 Å². The highest BCUT2D eigenvalue weighted by Crippen LogP contribution is 2.47. The molecule has 0 radical (unpaired) electrons. The molecule has 6 heteroatoms. The molecule has 92 valence electrons. The molecule has 0 atom stereocenters. The van der Waals surface area contributed by atoms with Crippen LogP contribution in [-0.4, -0.2) is 12.5 Å². The average molecular weight is 242 g/mol. The highest BCUT2D eigenvalue weighted by Gasteiger charge is 2.44. The van der Waals surface area contributed by atoms with Gasteiger partial charge in [0.15, 0.2) is 11.5 Å². The number of rotatable bonds is 1. The van der Waals surface area contributed by atoms with Gasteiger partial charge in [-0.1, -0.05) is 13.8 Å². The van der Waals surface area contributed by atoms with Crippen LogP contribution < -0.4 is 20.1 Å². The van der Waals surface area contributed by atoms with Gasteiger partial charge in [-0.3, -0.25) is 0 Å². The Balaban J connectivity index is 1.92. The van der Waals surface area contributed by atoms with E-state index < -0.39 is 6.29 Å². The first-order valence-electron chi connectivity index (χ1n) is 5.41. The third kappa shape index (κ3) is 1.64. The Hall–Kier alpha value is -1.72. The van der Waals surface area contributed by atoms with E-state index in [1.165, 1.54) is 12.1 Å². The molecule has 0 bridgehead atoms. The minimum Gasteiger partial charge on any atom is -0.395 e. The molecule has 2 N–H and O–H groups in total. The third-order valence-corrected chi connectivity index (χ3v) is 2.83. The lowest BCUT2D eigenvalue weighted by atomic mass is 10.2. The number of hydrogen-bond donors (Lipinski definition) is 2. The topological polar surface area (TPSA) is 42.5 Å². The van der Waals surface area contributed by atoms with Gasteiger partial charge in [0.2, 0.25) is 0 Å². The van der Waals surface area contributed by atoms with Crippen LogP contribution in [0.3, 0.4) is 0 Å². The molecular weight excluding hydrogens is 230 g/mol. The molecule has 0 aliphatic carbocycles. The van der Waals surface area contributed by atoms with Crippen molar-refractivity contribution in [2.75, 3.05) is 10.6 Å². The van der Waals surface area contributed by atoms with Crippen molar-refractivity contribution >= 4 is 11.4 Å².